The van der Waals surface area contributed by atoms with Crippen LogP contribution in [0, 0.1) is 6.92 Å². The van der Waals surface area contributed by atoms with Crippen LogP contribution in [0.3, 0.4) is 0 Å². The number of hydrogen-bond acceptors (Lipinski definition) is 5. The van der Waals surface area contributed by atoms with Gasteiger partial charge in [-0.15, -0.1) is 11.8 Å². The van der Waals surface area contributed by atoms with Gasteiger partial charge in [-0.05, 0) is 37.5 Å². The van der Waals surface area contributed by atoms with Gasteiger partial charge in [0.15, 0.2) is 5.82 Å². The third-order valence-electron chi connectivity index (χ3n) is 3.10. The number of thioether (sulfide) groups is 1. The molecule has 0 saturated heterocycles. The fourth-order valence-corrected chi connectivity index (χ4v) is 2.67. The summed E-state index contributed by atoms with van der Waals surface area (Å²) in [7, 11) is 0. The minimum Gasteiger partial charge on any atom is -0.398 e. The lowest BCUT2D eigenvalue weighted by molar-refractivity contribution is 0.385. The second-order valence-corrected chi connectivity index (χ2v) is 5.60. The average Bonchev–Trinajstić information content (AvgIpc) is 3.11. The van der Waals surface area contributed by atoms with Crippen LogP contribution in [0.2, 0.25) is 0 Å². The fourth-order valence-electron chi connectivity index (χ4n) is 1.76. The van der Waals surface area contributed by atoms with Gasteiger partial charge in [-0.1, -0.05) is 11.2 Å². The van der Waals surface area contributed by atoms with Crippen molar-refractivity contribution >= 4 is 17.4 Å². The Hall–Kier alpha value is -1.49. The highest BCUT2D eigenvalue weighted by atomic mass is 32.2. The molecule has 0 unspecified atom stereocenters. The number of nitrogen functional groups attached to an aromatic ring is 1. The Bertz CT molecular complexity index is 563. The first-order chi connectivity index (χ1) is 8.74. The van der Waals surface area contributed by atoms with Gasteiger partial charge in [-0.3, -0.25) is 0 Å². The predicted molar refractivity (Wildman–Crippen MR) is 71.4 cm³/mol. The normalized spacial score (nSPS) is 14.9. The molecule has 0 bridgehead atoms. The second kappa shape index (κ2) is 4.65. The molecule has 0 spiro atoms. The van der Waals surface area contributed by atoms with Gasteiger partial charge in [0.1, 0.15) is 0 Å². The second-order valence-electron chi connectivity index (χ2n) is 4.58. The highest BCUT2D eigenvalue weighted by Gasteiger charge is 2.28. The van der Waals surface area contributed by atoms with E-state index in [1.807, 2.05) is 19.1 Å². The van der Waals surface area contributed by atoms with Gasteiger partial charge in [-0.2, -0.15) is 4.98 Å². The highest BCUT2D eigenvalue weighted by Crippen LogP contribution is 2.38. The Kier molecular flexibility index (Phi) is 2.99. The molecule has 4 nitrogen and oxygen atoms in total. The minimum atomic E-state index is 0.543. The molecule has 0 amide bonds. The number of hydrogen-bond donors (Lipinski definition) is 1. The predicted octanol–water partition coefficient (Wildman–Crippen LogP) is 3.13. The van der Waals surface area contributed by atoms with Crippen molar-refractivity contribution in [2.75, 3.05) is 5.73 Å². The molecule has 1 aliphatic carbocycles. The maximum absolute atomic E-state index is 5.88. The lowest BCUT2D eigenvalue weighted by Crippen LogP contribution is -1.91. The summed E-state index contributed by atoms with van der Waals surface area (Å²) in [5, 5.41) is 4.01. The molecule has 2 aromatic rings. The maximum Gasteiger partial charge on any atom is 0.237 e. The molecule has 94 valence electrons. The molecule has 1 aromatic carbocycles. The summed E-state index contributed by atoms with van der Waals surface area (Å²) in [6.07, 6.45) is 2.39. The minimum absolute atomic E-state index is 0.543. The Labute approximate surface area is 110 Å². The highest BCUT2D eigenvalue weighted by molar-refractivity contribution is 7.98. The van der Waals surface area contributed by atoms with Crippen molar-refractivity contribution in [2.24, 2.45) is 0 Å². The van der Waals surface area contributed by atoms with Gasteiger partial charge in [-0.25, -0.2) is 0 Å². The molecule has 0 atom stereocenters. The lowest BCUT2D eigenvalue weighted by atomic mass is 10.2. The summed E-state index contributed by atoms with van der Waals surface area (Å²) < 4.78 is 5.24. The lowest BCUT2D eigenvalue weighted by Gasteiger charge is -2.05. The summed E-state index contributed by atoms with van der Waals surface area (Å²) in [6.45, 7) is 2.03. The van der Waals surface area contributed by atoms with Gasteiger partial charge >= 0.3 is 0 Å². The summed E-state index contributed by atoms with van der Waals surface area (Å²) in [5.74, 6) is 2.81. The standard InChI is InChI=1S/C13H15N3OS/c1-8-10(14)3-2-4-11(8)18-7-12-15-13(16-17-12)9-5-6-9/h2-4,9H,5-7,14H2,1H3. The molecular formula is C13H15N3OS. The van der Waals surface area contributed by atoms with Crippen LogP contribution in [0.5, 0.6) is 0 Å². The molecule has 3 rings (SSSR count). The van der Waals surface area contributed by atoms with E-state index in [1.165, 1.54) is 17.7 Å². The van der Waals surface area contributed by atoms with E-state index >= 15 is 0 Å². The first-order valence-electron chi connectivity index (χ1n) is 6.04. The molecule has 18 heavy (non-hydrogen) atoms. The third kappa shape index (κ3) is 2.36. The molecular weight excluding hydrogens is 246 g/mol. The number of benzene rings is 1. The van der Waals surface area contributed by atoms with Crippen LogP contribution >= 0.6 is 11.8 Å². The zero-order valence-corrected chi connectivity index (χ0v) is 11.0. The molecule has 1 aliphatic rings. The van der Waals surface area contributed by atoms with Crippen LogP contribution < -0.4 is 5.73 Å². The first-order valence-corrected chi connectivity index (χ1v) is 7.03. The monoisotopic (exact) mass is 261 g/mol. The fraction of sp³-hybridized carbons (Fsp3) is 0.385. The molecule has 0 aliphatic heterocycles. The van der Waals surface area contributed by atoms with E-state index in [9.17, 15) is 0 Å². The van der Waals surface area contributed by atoms with Crippen LogP contribution in [-0.4, -0.2) is 10.1 Å². The topological polar surface area (TPSA) is 64.9 Å². The summed E-state index contributed by atoms with van der Waals surface area (Å²) in [5.41, 5.74) is 7.82. The Morgan fingerprint density at radius 3 is 3.06 bits per heavy atom. The molecule has 1 saturated carbocycles. The number of aromatic nitrogens is 2. The van der Waals surface area contributed by atoms with E-state index in [0.717, 1.165) is 17.1 Å². The van der Waals surface area contributed by atoms with E-state index in [2.05, 4.69) is 16.2 Å². The van der Waals surface area contributed by atoms with Gasteiger partial charge in [0.25, 0.3) is 0 Å². The molecule has 1 heterocycles. The zero-order valence-electron chi connectivity index (χ0n) is 10.2. The number of nitrogens with zero attached hydrogens (tertiary/aromatic N) is 2. The number of rotatable bonds is 4. The molecule has 2 N–H and O–H groups in total. The molecule has 5 heteroatoms. The molecule has 0 radical (unpaired) electrons. The summed E-state index contributed by atoms with van der Waals surface area (Å²) >= 11 is 1.68. The van der Waals surface area contributed by atoms with E-state index in [4.69, 9.17) is 10.3 Å². The van der Waals surface area contributed by atoms with Crippen LogP contribution in [0.25, 0.3) is 0 Å². The first kappa shape index (κ1) is 11.6. The van der Waals surface area contributed by atoms with Crippen LogP contribution in [0.1, 0.15) is 36.0 Å². The number of anilines is 1. The van der Waals surface area contributed by atoms with E-state index in [1.54, 1.807) is 11.8 Å². The molecule has 1 aromatic heterocycles. The van der Waals surface area contributed by atoms with Crippen LogP contribution in [0.15, 0.2) is 27.6 Å². The van der Waals surface area contributed by atoms with E-state index < -0.39 is 0 Å². The quantitative estimate of drug-likeness (QED) is 0.676. The Balaban J connectivity index is 1.67. The Morgan fingerprint density at radius 1 is 1.44 bits per heavy atom. The van der Waals surface area contributed by atoms with Crippen molar-refractivity contribution in [3.05, 3.63) is 35.5 Å². The summed E-state index contributed by atoms with van der Waals surface area (Å²) in [4.78, 5) is 5.58. The zero-order chi connectivity index (χ0) is 12.5. The largest absolute Gasteiger partial charge is 0.398 e. The average molecular weight is 261 g/mol. The van der Waals surface area contributed by atoms with Crippen molar-refractivity contribution in [1.82, 2.24) is 10.1 Å². The van der Waals surface area contributed by atoms with Crippen molar-refractivity contribution in [3.8, 4) is 0 Å². The van der Waals surface area contributed by atoms with Crippen molar-refractivity contribution in [2.45, 2.75) is 36.3 Å². The van der Waals surface area contributed by atoms with Crippen molar-refractivity contribution < 1.29 is 4.52 Å². The molecule has 1 fully saturated rings. The summed E-state index contributed by atoms with van der Waals surface area (Å²) in [6, 6.07) is 5.94. The maximum atomic E-state index is 5.88. The van der Waals surface area contributed by atoms with Gasteiger partial charge in [0, 0.05) is 16.5 Å². The van der Waals surface area contributed by atoms with Gasteiger partial charge in [0.2, 0.25) is 5.89 Å². The van der Waals surface area contributed by atoms with Crippen LogP contribution in [0.4, 0.5) is 5.69 Å². The van der Waals surface area contributed by atoms with Gasteiger partial charge in [0.05, 0.1) is 5.75 Å². The SMILES string of the molecule is Cc1c(N)cccc1SCc1nc(C2CC2)no1. The van der Waals surface area contributed by atoms with Crippen molar-refractivity contribution in [3.63, 3.8) is 0 Å². The Morgan fingerprint density at radius 2 is 2.28 bits per heavy atom. The van der Waals surface area contributed by atoms with Gasteiger partial charge < -0.3 is 10.3 Å². The van der Waals surface area contributed by atoms with E-state index in [0.29, 0.717) is 17.6 Å². The van der Waals surface area contributed by atoms with Crippen molar-refractivity contribution in [1.29, 1.82) is 0 Å². The number of nitrogens with two attached hydrogens (primary N) is 1. The van der Waals surface area contributed by atoms with Crippen LogP contribution in [-0.2, 0) is 5.75 Å². The van der Waals surface area contributed by atoms with E-state index in [-0.39, 0.29) is 0 Å². The third-order valence-corrected chi connectivity index (χ3v) is 4.25. The smallest absolute Gasteiger partial charge is 0.237 e.